The van der Waals surface area contributed by atoms with E-state index in [-0.39, 0.29) is 9.75 Å². The molecule has 28 heavy (non-hydrogen) atoms. The summed E-state index contributed by atoms with van der Waals surface area (Å²) < 4.78 is 18.8. The summed E-state index contributed by atoms with van der Waals surface area (Å²) in [6.45, 7) is 0. The van der Waals surface area contributed by atoms with Crippen LogP contribution in [0.2, 0.25) is 0 Å². The van der Waals surface area contributed by atoms with Gasteiger partial charge in [0.15, 0.2) is 0 Å². The molecular formula is C20H13N2O3PS2. The number of benzene rings is 3. The first-order valence-corrected chi connectivity index (χ1v) is 11.7. The molecular weight excluding hydrogens is 411 g/mol. The average molecular weight is 424 g/mol. The molecule has 0 fully saturated rings. The zero-order chi connectivity index (χ0) is 19.3. The number of para-hydroxylation sites is 2. The van der Waals surface area contributed by atoms with Gasteiger partial charge in [-0.1, -0.05) is 65.1 Å². The van der Waals surface area contributed by atoms with Crippen molar-refractivity contribution in [3.8, 4) is 0 Å². The minimum atomic E-state index is -3.82. The number of hydrogen-bond donors (Lipinski definition) is 0. The Kier molecular flexibility index (Phi) is 3.98. The minimum absolute atomic E-state index is 0.351. The maximum absolute atomic E-state index is 14.7. The maximum atomic E-state index is 14.7. The molecule has 0 radical (unpaired) electrons. The molecule has 0 spiro atoms. The monoisotopic (exact) mass is 424 g/mol. The summed E-state index contributed by atoms with van der Waals surface area (Å²) >= 11 is 2.06. The highest BCUT2D eigenvalue weighted by atomic mass is 32.1. The first kappa shape index (κ1) is 17.4. The predicted octanol–water partition coefficient (Wildman–Crippen LogP) is 4.35. The van der Waals surface area contributed by atoms with Crippen LogP contribution in [-0.2, 0) is 4.57 Å². The average Bonchev–Trinajstić information content (AvgIpc) is 3.24. The molecule has 0 aliphatic heterocycles. The molecule has 5 nitrogen and oxygen atoms in total. The van der Waals surface area contributed by atoms with Crippen molar-refractivity contribution in [2.24, 2.45) is 0 Å². The highest BCUT2D eigenvalue weighted by Gasteiger charge is 2.36. The van der Waals surface area contributed by atoms with E-state index in [1.807, 2.05) is 30.3 Å². The van der Waals surface area contributed by atoms with Gasteiger partial charge in [0.05, 0.1) is 25.7 Å². The van der Waals surface area contributed by atoms with Crippen LogP contribution < -0.4 is 15.1 Å². The van der Waals surface area contributed by atoms with Crippen molar-refractivity contribution in [1.29, 1.82) is 0 Å². The van der Waals surface area contributed by atoms with E-state index in [1.54, 1.807) is 48.5 Å². The zero-order valence-corrected chi connectivity index (χ0v) is 16.9. The zero-order valence-electron chi connectivity index (χ0n) is 14.4. The van der Waals surface area contributed by atoms with Gasteiger partial charge in [-0.15, -0.1) is 0 Å². The third-order valence-electron chi connectivity index (χ3n) is 4.56. The van der Waals surface area contributed by atoms with Gasteiger partial charge in [0.1, 0.15) is 0 Å². The van der Waals surface area contributed by atoms with E-state index in [9.17, 15) is 14.2 Å². The van der Waals surface area contributed by atoms with E-state index >= 15 is 0 Å². The molecule has 0 amide bonds. The van der Waals surface area contributed by atoms with Crippen LogP contribution in [0.3, 0.4) is 0 Å². The molecule has 3 aromatic carbocycles. The first-order valence-electron chi connectivity index (χ1n) is 8.49. The van der Waals surface area contributed by atoms with E-state index < -0.39 is 7.44 Å². The van der Waals surface area contributed by atoms with E-state index in [2.05, 4.69) is 0 Å². The van der Waals surface area contributed by atoms with Crippen molar-refractivity contribution in [2.45, 2.75) is 0 Å². The van der Waals surface area contributed by atoms with Gasteiger partial charge in [-0.3, -0.25) is 14.2 Å². The van der Waals surface area contributed by atoms with Crippen molar-refractivity contribution >= 4 is 55.9 Å². The highest BCUT2D eigenvalue weighted by Crippen LogP contribution is 2.50. The van der Waals surface area contributed by atoms with Crippen LogP contribution in [-0.4, -0.2) is 8.68 Å². The summed E-state index contributed by atoms with van der Waals surface area (Å²) in [5.74, 6) is 0. The largest absolute Gasteiger partial charge is 0.315 e. The molecule has 2 heterocycles. The summed E-state index contributed by atoms with van der Waals surface area (Å²) in [5.41, 5.74) is 1.12. The number of thiazole rings is 2. The van der Waals surface area contributed by atoms with Gasteiger partial charge in [0.25, 0.3) is 0 Å². The lowest BCUT2D eigenvalue weighted by Crippen LogP contribution is -2.28. The van der Waals surface area contributed by atoms with Crippen LogP contribution in [0.5, 0.6) is 0 Å². The molecule has 0 saturated carbocycles. The van der Waals surface area contributed by atoms with Crippen molar-refractivity contribution in [3.05, 3.63) is 98.2 Å². The van der Waals surface area contributed by atoms with Crippen molar-refractivity contribution in [3.63, 3.8) is 0 Å². The van der Waals surface area contributed by atoms with Crippen LogP contribution in [0.25, 0.3) is 20.4 Å². The Labute approximate surface area is 167 Å². The fraction of sp³-hybridized carbons (Fsp3) is 0. The maximum Gasteiger partial charge on any atom is 0.315 e. The van der Waals surface area contributed by atoms with Gasteiger partial charge in [0, 0.05) is 0 Å². The predicted molar refractivity (Wildman–Crippen MR) is 117 cm³/mol. The third-order valence-corrected chi connectivity index (χ3v) is 9.53. The Morgan fingerprint density at radius 3 is 1.54 bits per heavy atom. The van der Waals surface area contributed by atoms with Gasteiger partial charge >= 0.3 is 17.2 Å². The summed E-state index contributed by atoms with van der Waals surface area (Å²) in [6.07, 6.45) is 0. The van der Waals surface area contributed by atoms with Crippen LogP contribution in [0.1, 0.15) is 0 Å². The lowest BCUT2D eigenvalue weighted by molar-refractivity contribution is 0.570. The lowest BCUT2D eigenvalue weighted by atomic mass is 10.3. The third kappa shape index (κ3) is 2.41. The number of rotatable bonds is 3. The fourth-order valence-corrected chi connectivity index (χ4v) is 8.55. The molecule has 0 N–H and O–H groups in total. The molecule has 0 atom stereocenters. The summed E-state index contributed by atoms with van der Waals surface area (Å²) in [6, 6.07) is 23.2. The van der Waals surface area contributed by atoms with E-state index in [0.29, 0.717) is 16.3 Å². The van der Waals surface area contributed by atoms with Gasteiger partial charge in [-0.25, -0.2) is 8.68 Å². The Bertz CT molecular complexity index is 1400. The lowest BCUT2D eigenvalue weighted by Gasteiger charge is -2.21. The second kappa shape index (κ2) is 6.41. The van der Waals surface area contributed by atoms with Crippen LogP contribution in [0.4, 0.5) is 0 Å². The molecule has 0 bridgehead atoms. The number of nitrogens with zero attached hydrogens (tertiary/aromatic N) is 2. The van der Waals surface area contributed by atoms with Crippen LogP contribution >= 0.6 is 30.1 Å². The number of fused-ring (bicyclic) bond motifs is 2. The SMILES string of the molecule is O=c1sc2ccccc2n1P(=O)(c1ccccc1)n1c(=O)sc2ccccc21. The molecule has 0 saturated heterocycles. The van der Waals surface area contributed by atoms with E-state index in [4.69, 9.17) is 0 Å². The Morgan fingerprint density at radius 2 is 1.04 bits per heavy atom. The first-order chi connectivity index (χ1) is 13.6. The summed E-state index contributed by atoms with van der Waals surface area (Å²) in [5, 5.41) is 0.436. The fourth-order valence-electron chi connectivity index (χ4n) is 3.36. The normalized spacial score (nSPS) is 12.0. The molecule has 0 unspecified atom stereocenters. The molecule has 0 aliphatic rings. The molecule has 8 heteroatoms. The summed E-state index contributed by atoms with van der Waals surface area (Å²) in [7, 11) is -3.82. The number of aromatic nitrogens is 2. The summed E-state index contributed by atoms with van der Waals surface area (Å²) in [4.78, 5) is 25.3. The minimum Gasteiger partial charge on any atom is -0.269 e. The number of hydrogen-bond acceptors (Lipinski definition) is 5. The Hall–Kier alpha value is -2.73. The smallest absolute Gasteiger partial charge is 0.269 e. The van der Waals surface area contributed by atoms with Crippen LogP contribution in [0.15, 0.2) is 88.5 Å². The van der Waals surface area contributed by atoms with Gasteiger partial charge in [-0.05, 0) is 36.4 Å². The van der Waals surface area contributed by atoms with E-state index in [1.165, 1.54) is 8.68 Å². The van der Waals surface area contributed by atoms with Crippen molar-refractivity contribution < 1.29 is 4.57 Å². The second-order valence-corrected chi connectivity index (χ2v) is 10.6. The molecule has 138 valence electrons. The molecule has 5 rings (SSSR count). The van der Waals surface area contributed by atoms with Gasteiger partial charge in [-0.2, -0.15) is 0 Å². The molecule has 0 aliphatic carbocycles. The van der Waals surface area contributed by atoms with Gasteiger partial charge < -0.3 is 0 Å². The quantitative estimate of drug-likeness (QED) is 0.405. The molecule has 2 aromatic heterocycles. The standard InChI is InChI=1S/C20H13N2O3PS2/c23-19-21(15-10-4-6-12-17(15)27-19)26(25,14-8-2-1-3-9-14)22-16-11-5-7-13-18(16)28-20(22)24/h1-13H. The van der Waals surface area contributed by atoms with Gasteiger partial charge in [0.2, 0.25) is 0 Å². The van der Waals surface area contributed by atoms with E-state index in [0.717, 1.165) is 32.1 Å². The molecule has 5 aromatic rings. The topological polar surface area (TPSA) is 61.1 Å². The Balaban J connectivity index is 2.00. The second-order valence-electron chi connectivity index (χ2n) is 6.17. The van der Waals surface area contributed by atoms with Crippen molar-refractivity contribution in [1.82, 2.24) is 8.68 Å². The Morgan fingerprint density at radius 1 is 0.607 bits per heavy atom. The highest BCUT2D eigenvalue weighted by molar-refractivity contribution is 7.69. The van der Waals surface area contributed by atoms with Crippen LogP contribution in [0, 0.1) is 0 Å². The van der Waals surface area contributed by atoms with Crippen molar-refractivity contribution in [2.75, 3.05) is 0 Å².